The SMILES string of the molecule is Cc1ccc(S(=O)(=O)Nc2ccc(Br)c(F)c2)cc1N. The number of nitrogen functional groups attached to an aromatic ring is 1. The number of rotatable bonds is 3. The van der Waals surface area contributed by atoms with Crippen molar-refractivity contribution in [2.75, 3.05) is 10.5 Å². The Morgan fingerprint density at radius 3 is 2.50 bits per heavy atom. The van der Waals surface area contributed by atoms with Crippen LogP contribution in [-0.4, -0.2) is 8.42 Å². The Hall–Kier alpha value is -1.60. The largest absolute Gasteiger partial charge is 0.398 e. The molecule has 0 fully saturated rings. The average molecular weight is 359 g/mol. The number of nitrogens with one attached hydrogen (secondary N) is 1. The van der Waals surface area contributed by atoms with Crippen LogP contribution in [0.2, 0.25) is 0 Å². The third-order valence-electron chi connectivity index (χ3n) is 2.73. The zero-order chi connectivity index (χ0) is 14.9. The van der Waals surface area contributed by atoms with Gasteiger partial charge < -0.3 is 5.73 Å². The van der Waals surface area contributed by atoms with Crippen molar-refractivity contribution in [3.8, 4) is 0 Å². The molecule has 0 aliphatic heterocycles. The van der Waals surface area contributed by atoms with Gasteiger partial charge in [-0.05, 0) is 58.7 Å². The molecule has 0 aromatic heterocycles. The first-order valence-corrected chi connectivity index (χ1v) is 7.91. The molecule has 0 heterocycles. The maximum atomic E-state index is 13.4. The number of benzene rings is 2. The number of halogens is 2. The van der Waals surface area contributed by atoms with Gasteiger partial charge in [-0.1, -0.05) is 6.07 Å². The Morgan fingerprint density at radius 1 is 1.20 bits per heavy atom. The molecule has 0 atom stereocenters. The summed E-state index contributed by atoms with van der Waals surface area (Å²) in [5, 5.41) is 0. The molecule has 20 heavy (non-hydrogen) atoms. The van der Waals surface area contributed by atoms with E-state index in [1.807, 2.05) is 0 Å². The number of sulfonamides is 1. The molecule has 0 saturated heterocycles. The van der Waals surface area contributed by atoms with Crippen molar-refractivity contribution in [2.45, 2.75) is 11.8 Å². The molecule has 2 rings (SSSR count). The number of aryl methyl sites for hydroxylation is 1. The number of nitrogens with two attached hydrogens (primary N) is 1. The van der Waals surface area contributed by atoms with Crippen LogP contribution in [0.15, 0.2) is 45.8 Å². The average Bonchev–Trinajstić information content (AvgIpc) is 2.37. The van der Waals surface area contributed by atoms with Crippen molar-refractivity contribution in [1.82, 2.24) is 0 Å². The standard InChI is InChI=1S/C13H12BrFN2O2S/c1-8-2-4-10(7-13(8)16)20(18,19)17-9-3-5-11(14)12(15)6-9/h2-7,17H,16H2,1H3. The van der Waals surface area contributed by atoms with Crippen LogP contribution in [0.4, 0.5) is 15.8 Å². The Bertz CT molecular complexity index is 763. The molecule has 4 nitrogen and oxygen atoms in total. The molecule has 106 valence electrons. The van der Waals surface area contributed by atoms with Crippen molar-refractivity contribution in [3.05, 3.63) is 52.3 Å². The van der Waals surface area contributed by atoms with Gasteiger partial charge in [0.05, 0.1) is 15.1 Å². The van der Waals surface area contributed by atoms with Gasteiger partial charge in [0.15, 0.2) is 0 Å². The maximum absolute atomic E-state index is 13.4. The third-order valence-corrected chi connectivity index (χ3v) is 4.75. The molecule has 2 aromatic rings. The highest BCUT2D eigenvalue weighted by Crippen LogP contribution is 2.23. The lowest BCUT2D eigenvalue weighted by Crippen LogP contribution is -2.13. The van der Waals surface area contributed by atoms with E-state index in [-0.39, 0.29) is 15.1 Å². The fourth-order valence-corrected chi connectivity index (χ4v) is 2.89. The van der Waals surface area contributed by atoms with Crippen LogP contribution in [0.1, 0.15) is 5.56 Å². The Kier molecular flexibility index (Phi) is 4.01. The predicted molar refractivity (Wildman–Crippen MR) is 80.5 cm³/mol. The van der Waals surface area contributed by atoms with E-state index in [0.29, 0.717) is 5.69 Å². The summed E-state index contributed by atoms with van der Waals surface area (Å²) < 4.78 is 40.3. The molecular formula is C13H12BrFN2O2S. The van der Waals surface area contributed by atoms with Gasteiger partial charge in [-0.2, -0.15) is 0 Å². The molecule has 0 spiro atoms. The summed E-state index contributed by atoms with van der Waals surface area (Å²) in [5.74, 6) is -0.548. The Balaban J connectivity index is 2.35. The first kappa shape index (κ1) is 14.8. The van der Waals surface area contributed by atoms with Crippen LogP contribution in [0, 0.1) is 12.7 Å². The van der Waals surface area contributed by atoms with Crippen LogP contribution in [-0.2, 0) is 10.0 Å². The maximum Gasteiger partial charge on any atom is 0.261 e. The van der Waals surface area contributed by atoms with Crippen molar-refractivity contribution in [2.24, 2.45) is 0 Å². The van der Waals surface area contributed by atoms with Crippen LogP contribution < -0.4 is 10.5 Å². The van der Waals surface area contributed by atoms with Crippen LogP contribution in [0.3, 0.4) is 0 Å². The molecule has 0 bridgehead atoms. The monoisotopic (exact) mass is 358 g/mol. The van der Waals surface area contributed by atoms with Gasteiger partial charge >= 0.3 is 0 Å². The zero-order valence-corrected chi connectivity index (χ0v) is 12.9. The molecule has 2 aromatic carbocycles. The van der Waals surface area contributed by atoms with E-state index in [4.69, 9.17) is 5.73 Å². The fourth-order valence-electron chi connectivity index (χ4n) is 1.56. The van der Waals surface area contributed by atoms with Crippen molar-refractivity contribution in [1.29, 1.82) is 0 Å². The highest BCUT2D eigenvalue weighted by molar-refractivity contribution is 9.10. The van der Waals surface area contributed by atoms with E-state index < -0.39 is 15.8 Å². The van der Waals surface area contributed by atoms with Gasteiger partial charge in [0.2, 0.25) is 0 Å². The third kappa shape index (κ3) is 3.10. The molecule has 7 heteroatoms. The predicted octanol–water partition coefficient (Wildman–Crippen LogP) is 3.28. The summed E-state index contributed by atoms with van der Waals surface area (Å²) in [6.07, 6.45) is 0. The zero-order valence-electron chi connectivity index (χ0n) is 10.5. The van der Waals surface area contributed by atoms with E-state index in [1.165, 1.54) is 24.3 Å². The molecule has 0 unspecified atom stereocenters. The normalized spacial score (nSPS) is 11.3. The fraction of sp³-hybridized carbons (Fsp3) is 0.0769. The molecule has 0 amide bonds. The van der Waals surface area contributed by atoms with E-state index in [2.05, 4.69) is 20.7 Å². The van der Waals surface area contributed by atoms with Gasteiger partial charge in [-0.3, -0.25) is 4.72 Å². The van der Waals surface area contributed by atoms with Crippen molar-refractivity contribution >= 4 is 37.3 Å². The quantitative estimate of drug-likeness (QED) is 0.827. The molecule has 3 N–H and O–H groups in total. The summed E-state index contributed by atoms with van der Waals surface area (Å²) >= 11 is 3.00. The minimum absolute atomic E-state index is 0.0314. The highest BCUT2D eigenvalue weighted by Gasteiger charge is 2.15. The van der Waals surface area contributed by atoms with Crippen LogP contribution >= 0.6 is 15.9 Å². The second-order valence-corrected chi connectivity index (χ2v) is 6.79. The van der Waals surface area contributed by atoms with Crippen LogP contribution in [0.5, 0.6) is 0 Å². The topological polar surface area (TPSA) is 72.2 Å². The Labute approximate surface area is 125 Å². The van der Waals surface area contributed by atoms with Gasteiger partial charge in [0.25, 0.3) is 10.0 Å². The minimum atomic E-state index is -3.79. The Morgan fingerprint density at radius 2 is 1.90 bits per heavy atom. The summed E-state index contributed by atoms with van der Waals surface area (Å²) in [6.45, 7) is 1.78. The first-order chi connectivity index (χ1) is 9.29. The summed E-state index contributed by atoms with van der Waals surface area (Å²) in [7, 11) is -3.79. The van der Waals surface area contributed by atoms with Gasteiger partial charge in [-0.25, -0.2) is 12.8 Å². The van der Waals surface area contributed by atoms with E-state index >= 15 is 0 Å². The molecule has 0 aliphatic carbocycles. The number of hydrogen-bond acceptors (Lipinski definition) is 3. The molecule has 0 radical (unpaired) electrons. The van der Waals surface area contributed by atoms with Gasteiger partial charge in [0.1, 0.15) is 5.82 Å². The van der Waals surface area contributed by atoms with Crippen LogP contribution in [0.25, 0.3) is 0 Å². The van der Waals surface area contributed by atoms with Gasteiger partial charge in [-0.15, -0.1) is 0 Å². The van der Waals surface area contributed by atoms with E-state index in [1.54, 1.807) is 13.0 Å². The smallest absolute Gasteiger partial charge is 0.261 e. The summed E-state index contributed by atoms with van der Waals surface area (Å²) in [5.41, 5.74) is 7.01. The van der Waals surface area contributed by atoms with Crippen molar-refractivity contribution in [3.63, 3.8) is 0 Å². The first-order valence-electron chi connectivity index (χ1n) is 5.63. The number of hydrogen-bond donors (Lipinski definition) is 2. The molecular weight excluding hydrogens is 347 g/mol. The second kappa shape index (κ2) is 5.41. The lowest BCUT2D eigenvalue weighted by atomic mass is 10.2. The molecule has 0 saturated carbocycles. The lowest BCUT2D eigenvalue weighted by Gasteiger charge is -2.10. The highest BCUT2D eigenvalue weighted by atomic mass is 79.9. The van der Waals surface area contributed by atoms with E-state index in [9.17, 15) is 12.8 Å². The lowest BCUT2D eigenvalue weighted by molar-refractivity contribution is 0.601. The van der Waals surface area contributed by atoms with Gasteiger partial charge in [0, 0.05) is 5.69 Å². The summed E-state index contributed by atoms with van der Waals surface area (Å²) in [4.78, 5) is 0.0314. The minimum Gasteiger partial charge on any atom is -0.398 e. The van der Waals surface area contributed by atoms with E-state index in [0.717, 1.165) is 11.6 Å². The summed E-state index contributed by atoms with van der Waals surface area (Å²) in [6, 6.07) is 8.42. The second-order valence-electron chi connectivity index (χ2n) is 4.25. The van der Waals surface area contributed by atoms with Crippen molar-refractivity contribution < 1.29 is 12.8 Å². The number of anilines is 2. The molecule has 0 aliphatic rings.